The molecule has 0 unspecified atom stereocenters. The van der Waals surface area contributed by atoms with Crippen molar-refractivity contribution in [1.82, 2.24) is 119 Å². The van der Waals surface area contributed by atoms with Gasteiger partial charge in [0.25, 0.3) is 0 Å². The van der Waals surface area contributed by atoms with E-state index in [9.17, 15) is 33.2 Å². The van der Waals surface area contributed by atoms with Gasteiger partial charge in [-0.3, -0.25) is 10.1 Å². The van der Waals surface area contributed by atoms with E-state index in [1.807, 2.05) is 168 Å². The van der Waals surface area contributed by atoms with Gasteiger partial charge in [0.1, 0.15) is 39.6 Å². The van der Waals surface area contributed by atoms with Crippen LogP contribution in [-0.4, -0.2) is 119 Å². The van der Waals surface area contributed by atoms with Gasteiger partial charge < -0.3 is 28.4 Å². The first-order chi connectivity index (χ1) is 68.7. The van der Waals surface area contributed by atoms with Crippen molar-refractivity contribution in [1.29, 1.82) is 5.26 Å². The number of nitriles is 1. The second-order valence-electron chi connectivity index (χ2n) is 30.5. The predicted molar refractivity (Wildman–Crippen MR) is 573 cm³/mol. The summed E-state index contributed by atoms with van der Waals surface area (Å²) >= 11 is 19.2. The zero-order valence-corrected chi connectivity index (χ0v) is 112. The van der Waals surface area contributed by atoms with Gasteiger partial charge in [0.2, 0.25) is 0 Å². The summed E-state index contributed by atoms with van der Waals surface area (Å²) in [5.41, 5.74) is 12.3. The van der Waals surface area contributed by atoms with Crippen molar-refractivity contribution < 1.29 is 229 Å². The van der Waals surface area contributed by atoms with Crippen LogP contribution in [0.3, 0.4) is 0 Å². The minimum absolute atomic E-state index is 0. The van der Waals surface area contributed by atoms with Crippen LogP contribution in [0.1, 0.15) is 66.8 Å². The van der Waals surface area contributed by atoms with Crippen LogP contribution in [-0.2, 0) is 278 Å². The van der Waals surface area contributed by atoms with Crippen molar-refractivity contribution in [3.63, 3.8) is 0 Å². The molecule has 0 spiro atoms. The van der Waals surface area contributed by atoms with Crippen molar-refractivity contribution in [2.24, 2.45) is 42.3 Å². The Labute approximate surface area is 1090 Å². The number of hydrogen-bond donors (Lipinski definition) is 0. The molecule has 748 valence electrons. The van der Waals surface area contributed by atoms with Gasteiger partial charge in [0, 0.05) is 334 Å². The number of rotatable bonds is 24. The third kappa shape index (κ3) is 34.2. The minimum Gasteiger partial charge on any atom is -0.515 e. The summed E-state index contributed by atoms with van der Waals surface area (Å²) in [6, 6.07) is 78.8. The fraction of sp³-hybridized carbons (Fsp3) is 0.175. The van der Waals surface area contributed by atoms with Gasteiger partial charge in [-0.15, -0.1) is 83.4 Å². The van der Waals surface area contributed by atoms with Gasteiger partial charge in [-0.2, -0.15) is 122 Å². The molecule has 12 aromatic carbocycles. The number of aryl methyl sites for hydroxylation is 11. The first-order valence-corrected chi connectivity index (χ1v) is 49.0. The summed E-state index contributed by atoms with van der Waals surface area (Å²) in [7, 11) is 9.31. The molecule has 0 aliphatic heterocycles. The third-order valence-corrected chi connectivity index (χ3v) is 26.9. The van der Waals surface area contributed by atoms with Crippen LogP contribution in [0.4, 0.5) is 10.1 Å². The maximum absolute atomic E-state index is 13.3. The van der Waals surface area contributed by atoms with Gasteiger partial charge in [-0.05, 0) is 277 Å². The molecule has 38 nitrogen and oxygen atoms in total. The Morgan fingerprint density at radius 1 is 0.336 bits per heavy atom. The van der Waals surface area contributed by atoms with Crippen LogP contribution in [0.2, 0.25) is 5.02 Å². The quantitative estimate of drug-likeness (QED) is 0.0400. The molecule has 18 rings (SSSR count). The number of tetrazole rings is 6. The molecule has 0 amide bonds. The third-order valence-electron chi connectivity index (χ3n) is 20.6. The first kappa shape index (κ1) is 129. The summed E-state index contributed by atoms with van der Waals surface area (Å²) in [5.74, 6) is 3.32. The largest absolute Gasteiger partial charge is 0.515 e. The summed E-state index contributed by atoms with van der Waals surface area (Å²) in [6.07, 6.45) is 0. The van der Waals surface area contributed by atoms with E-state index >= 15 is 0 Å². The van der Waals surface area contributed by atoms with Crippen molar-refractivity contribution in [3.8, 4) is 74.7 Å². The van der Waals surface area contributed by atoms with Gasteiger partial charge >= 0.3 is 34.1 Å². The molecule has 0 N–H and O–H groups in total. The summed E-state index contributed by atoms with van der Waals surface area (Å²) in [5, 5.41) is 55.4. The standard InChI is InChI=1S/C17H13IN5O2.C16H13ClIN4O2.C16H13FIN4O2.C16H11IN5O2.2C16H14IN4O2.6Y/c1-11-6-7-12(9-19)8-16(11)25-10-13-14(18)4-3-5-15(13)23-17(24)22(2)20-21-23;2*1-10-6-7-11(17)8-15(10)24-9-12-13(18)4-3-5-14(12)22-16(23)21(2)19-20-22;1-18-11-5-3-6-12(9-11)24-10-13-14(17)7-4-8-15(13)22-16(23)21(2)19-20-22;2*1-11-5-3-6-12(9-11)23-10-13-14(17)7-4-8-15(13)21-16(22)20(2)18-19-21;;;;;;/h3-6,8H,10H2,1-2H3;2*3-6,8H,9H2,1-2H3;3-4,6-9H,10H2,2H3;2*3-4,6-9H,10H2,1-2H3;;;;;;/q6*-1;;;;;;. The Bertz CT molecular complexity index is 7880. The van der Waals surface area contributed by atoms with E-state index in [1.54, 1.807) is 95.9 Å². The second kappa shape index (κ2) is 62.0. The molecule has 0 fully saturated rings. The number of aromatic nitrogens is 24. The molecule has 6 radical (unpaired) electrons. The fourth-order valence-electron chi connectivity index (χ4n) is 13.0. The van der Waals surface area contributed by atoms with Crippen LogP contribution in [0.5, 0.6) is 34.5 Å². The van der Waals surface area contributed by atoms with E-state index in [1.165, 1.54) is 70.7 Å². The second-order valence-corrected chi connectivity index (χ2v) is 37.9. The number of halogens is 8. The van der Waals surface area contributed by atoms with E-state index in [4.69, 9.17) is 51.9 Å². The average Bonchev–Trinajstić information content (AvgIpc) is 1.77. The van der Waals surface area contributed by atoms with Crippen molar-refractivity contribution in [2.75, 3.05) is 0 Å². The molecule has 0 aliphatic rings. The van der Waals surface area contributed by atoms with Crippen LogP contribution < -0.4 is 62.6 Å². The molecule has 6 aromatic heterocycles. The van der Waals surface area contributed by atoms with Gasteiger partial charge in [-0.1, -0.05) is 99.3 Å². The number of ether oxygens (including phenoxy) is 6. The van der Waals surface area contributed by atoms with E-state index in [2.05, 4.69) is 239 Å². The Morgan fingerprint density at radius 3 is 0.846 bits per heavy atom. The smallest absolute Gasteiger partial charge is 0.368 e. The van der Waals surface area contributed by atoms with Crippen LogP contribution in [0.25, 0.3) is 39.0 Å². The van der Waals surface area contributed by atoms with Crippen LogP contribution >= 0.6 is 147 Å². The van der Waals surface area contributed by atoms with Gasteiger partial charge in [-0.25, -0.2) is 33.2 Å². The number of nitrogens with zero attached hydrogens (tertiary/aromatic N) is 26. The molecule has 52 heteroatoms. The maximum atomic E-state index is 13.3. The van der Waals surface area contributed by atoms with E-state index in [0.717, 1.165) is 98.8 Å². The van der Waals surface area contributed by atoms with Crippen LogP contribution in [0, 0.1) is 116 Å². The Morgan fingerprint density at radius 2 is 0.584 bits per heavy atom. The molecular weight excluding hydrogens is 3070 g/mol. The molecule has 0 saturated carbocycles. The zero-order valence-electron chi connectivity index (χ0n) is 80.8. The summed E-state index contributed by atoms with van der Waals surface area (Å²) in [6.45, 7) is 18.1. The van der Waals surface area contributed by atoms with Crippen LogP contribution in [0.15, 0.2) is 229 Å². The summed E-state index contributed by atoms with van der Waals surface area (Å²) in [4.78, 5) is 76.1. The molecule has 0 bridgehead atoms. The molecule has 0 atom stereocenters. The van der Waals surface area contributed by atoms with Crippen molar-refractivity contribution in [2.45, 2.75) is 74.3 Å². The first-order valence-electron chi connectivity index (χ1n) is 42.2. The zero-order chi connectivity index (χ0) is 102. The van der Waals surface area contributed by atoms with E-state index < -0.39 is 5.82 Å². The number of hydrogen-bond acceptors (Lipinski definition) is 25. The molecule has 149 heavy (non-hydrogen) atoms. The molecule has 18 aromatic rings. The topological polar surface area (TPSA) is 400 Å². The normalized spacial score (nSPS) is 10.2. The fourth-order valence-corrected chi connectivity index (χ4v) is 17.0. The Hall–Kier alpha value is -7.14. The average molecular weight is 3150 g/mol. The monoisotopic (exact) mass is 3150 g/mol. The van der Waals surface area contributed by atoms with Crippen molar-refractivity contribution >= 4 is 153 Å². The Kier molecular flexibility index (Phi) is 53.6. The summed E-state index contributed by atoms with van der Waals surface area (Å²) < 4.78 is 68.8. The minimum atomic E-state index is -0.483. The van der Waals surface area contributed by atoms with E-state index in [-0.39, 0.29) is 257 Å². The predicted octanol–water partition coefficient (Wildman–Crippen LogP) is 14.4. The van der Waals surface area contributed by atoms with E-state index in [0.29, 0.717) is 86.6 Å². The maximum Gasteiger partial charge on any atom is 0.368 e. The Balaban J connectivity index is 0.000000240. The molecule has 6 heterocycles. The SMILES string of the molecule is Cc1[c-]ccc(OCc2c(I)cccc2-n2nnn(C)c2=O)c1.Cc1[c-]ccc(OCc2c(I)cccc2-n2nnn(C)c2=O)c1.Cc1c[c-]c(C#N)cc1OCc1c(I)cccc1-n1nnn(C)c1=O.Cc1c[c-]c(Cl)cc1OCc1c(I)cccc1-n1nnn(C)c1=O.Cc1c[c-]c(F)cc1OCc1c(I)cccc1-n1nnn(C)c1=O.[C-]#[N+]c1[c-]ccc(OCc2c(I)cccc2-n2nnn(C)c2=O)c1.[Y].[Y].[Y].[Y].[Y].[Y]. The molecule has 0 aliphatic carbocycles. The van der Waals surface area contributed by atoms with Gasteiger partial charge in [0.05, 0.1) is 46.4 Å². The van der Waals surface area contributed by atoms with Crippen molar-refractivity contribution in [3.05, 3.63) is 410 Å². The van der Waals surface area contributed by atoms with Gasteiger partial charge in [0.15, 0.2) is 0 Å². The number of benzene rings is 12. The molecular formula is C97H78ClFI6N26O12Y6-6. The molecule has 0 saturated heterocycles.